The minimum Gasteiger partial charge on any atom is -0.305 e. The lowest BCUT2D eigenvalue weighted by molar-refractivity contribution is 0.102. The molecule has 3 aromatic rings. The van der Waals surface area contributed by atoms with Crippen molar-refractivity contribution in [2.24, 2.45) is 0 Å². The number of amides is 1. The zero-order chi connectivity index (χ0) is 16.5. The Morgan fingerprint density at radius 3 is 2.79 bits per heavy atom. The molecule has 2 aromatic heterocycles. The number of anilines is 1. The van der Waals surface area contributed by atoms with E-state index in [0.29, 0.717) is 11.5 Å². The van der Waals surface area contributed by atoms with Crippen LogP contribution >= 0.6 is 0 Å². The molecule has 0 radical (unpaired) electrons. The quantitative estimate of drug-likeness (QED) is 0.805. The topological polar surface area (TPSA) is 72.7 Å². The molecule has 0 unspecified atom stereocenters. The highest BCUT2D eigenvalue weighted by Crippen LogP contribution is 2.31. The third-order valence-electron chi connectivity index (χ3n) is 4.15. The monoisotopic (exact) mass is 319 g/mol. The van der Waals surface area contributed by atoms with Gasteiger partial charge in [0, 0.05) is 11.8 Å². The number of nitrogens with zero attached hydrogens (tertiary/aromatic N) is 4. The van der Waals surface area contributed by atoms with Crippen molar-refractivity contribution in [2.75, 3.05) is 5.32 Å². The molecular formula is C18H17N5O. The standard InChI is InChI=1S/C18H17N5O/c1-12-19-11-10-16(20-12)18(24)21-17-14-8-5-9-15(14)22-23(17)13-6-3-2-4-7-13/h2-4,6-7,10-11H,5,8-9H2,1H3,(H,21,24). The van der Waals surface area contributed by atoms with Gasteiger partial charge < -0.3 is 5.32 Å². The van der Waals surface area contributed by atoms with E-state index in [-0.39, 0.29) is 5.91 Å². The zero-order valence-corrected chi connectivity index (χ0v) is 13.4. The maximum absolute atomic E-state index is 12.6. The summed E-state index contributed by atoms with van der Waals surface area (Å²) in [5.41, 5.74) is 3.47. The smallest absolute Gasteiger partial charge is 0.275 e. The third-order valence-corrected chi connectivity index (χ3v) is 4.15. The summed E-state index contributed by atoms with van der Waals surface area (Å²) in [4.78, 5) is 20.8. The fourth-order valence-electron chi connectivity index (χ4n) is 3.03. The van der Waals surface area contributed by atoms with Crippen molar-refractivity contribution in [3.8, 4) is 5.69 Å². The molecule has 1 aliphatic carbocycles. The van der Waals surface area contributed by atoms with Crippen LogP contribution in [0.3, 0.4) is 0 Å². The zero-order valence-electron chi connectivity index (χ0n) is 13.4. The Labute approximate surface area is 139 Å². The molecule has 6 nitrogen and oxygen atoms in total. The second-order valence-corrected chi connectivity index (χ2v) is 5.82. The van der Waals surface area contributed by atoms with Gasteiger partial charge in [-0.2, -0.15) is 5.10 Å². The third kappa shape index (κ3) is 2.56. The van der Waals surface area contributed by atoms with Crippen LogP contribution in [0.25, 0.3) is 5.69 Å². The van der Waals surface area contributed by atoms with Crippen LogP contribution in [0.15, 0.2) is 42.6 Å². The number of nitrogens with one attached hydrogen (secondary N) is 1. The van der Waals surface area contributed by atoms with Gasteiger partial charge in [-0.05, 0) is 44.4 Å². The Balaban J connectivity index is 1.73. The molecule has 24 heavy (non-hydrogen) atoms. The number of para-hydroxylation sites is 1. The number of aromatic nitrogens is 4. The van der Waals surface area contributed by atoms with Crippen LogP contribution in [-0.2, 0) is 12.8 Å². The summed E-state index contributed by atoms with van der Waals surface area (Å²) in [6.45, 7) is 1.77. The van der Waals surface area contributed by atoms with E-state index < -0.39 is 0 Å². The van der Waals surface area contributed by atoms with Gasteiger partial charge in [-0.3, -0.25) is 4.79 Å². The highest BCUT2D eigenvalue weighted by atomic mass is 16.2. The maximum atomic E-state index is 12.6. The van der Waals surface area contributed by atoms with Crippen molar-refractivity contribution >= 4 is 11.7 Å². The molecule has 6 heteroatoms. The molecule has 0 aliphatic heterocycles. The first-order valence-electron chi connectivity index (χ1n) is 7.99. The van der Waals surface area contributed by atoms with E-state index in [1.54, 1.807) is 19.2 Å². The lowest BCUT2D eigenvalue weighted by Gasteiger charge is -2.11. The highest BCUT2D eigenvalue weighted by Gasteiger charge is 2.24. The van der Waals surface area contributed by atoms with Crippen molar-refractivity contribution in [3.05, 3.63) is 65.4 Å². The summed E-state index contributed by atoms with van der Waals surface area (Å²) in [6.07, 6.45) is 4.55. The molecule has 1 aliphatic rings. The molecular weight excluding hydrogens is 302 g/mol. The fourth-order valence-corrected chi connectivity index (χ4v) is 3.03. The molecule has 0 saturated carbocycles. The Morgan fingerprint density at radius 1 is 1.17 bits per heavy atom. The molecule has 0 saturated heterocycles. The lowest BCUT2D eigenvalue weighted by atomic mass is 10.2. The SMILES string of the molecule is Cc1nccc(C(=O)Nc2c3c(nn2-c2ccccc2)CCC3)n1. The molecule has 0 atom stereocenters. The molecule has 0 bridgehead atoms. The molecule has 0 fully saturated rings. The van der Waals surface area contributed by atoms with E-state index in [2.05, 4.69) is 15.3 Å². The predicted octanol–water partition coefficient (Wildman–Crippen LogP) is 2.71. The van der Waals surface area contributed by atoms with Gasteiger partial charge in [0.05, 0.1) is 11.4 Å². The second-order valence-electron chi connectivity index (χ2n) is 5.82. The van der Waals surface area contributed by atoms with Crippen LogP contribution in [0, 0.1) is 6.92 Å². The normalized spacial score (nSPS) is 12.9. The molecule has 1 N–H and O–H groups in total. The van der Waals surface area contributed by atoms with E-state index in [1.807, 2.05) is 35.0 Å². The van der Waals surface area contributed by atoms with E-state index in [4.69, 9.17) is 5.10 Å². The maximum Gasteiger partial charge on any atom is 0.275 e. The predicted molar refractivity (Wildman–Crippen MR) is 90.3 cm³/mol. The Bertz CT molecular complexity index is 901. The van der Waals surface area contributed by atoms with E-state index in [0.717, 1.165) is 42.0 Å². The molecule has 2 heterocycles. The molecule has 4 rings (SSSR count). The van der Waals surface area contributed by atoms with Gasteiger partial charge in [-0.25, -0.2) is 14.6 Å². The van der Waals surface area contributed by atoms with Gasteiger partial charge >= 0.3 is 0 Å². The number of hydrogen-bond donors (Lipinski definition) is 1. The first kappa shape index (κ1) is 14.6. The van der Waals surface area contributed by atoms with E-state index >= 15 is 0 Å². The summed E-state index contributed by atoms with van der Waals surface area (Å²) in [5, 5.41) is 7.70. The minimum absolute atomic E-state index is 0.243. The van der Waals surface area contributed by atoms with Gasteiger partial charge in [0.1, 0.15) is 17.3 Å². The van der Waals surface area contributed by atoms with Crippen LogP contribution in [0.4, 0.5) is 5.82 Å². The second kappa shape index (κ2) is 5.88. The highest BCUT2D eigenvalue weighted by molar-refractivity contribution is 6.03. The van der Waals surface area contributed by atoms with Crippen LogP contribution in [-0.4, -0.2) is 25.7 Å². The molecule has 120 valence electrons. The summed E-state index contributed by atoms with van der Waals surface area (Å²) in [6, 6.07) is 11.5. The number of carbonyl (C=O) groups excluding carboxylic acids is 1. The Hall–Kier alpha value is -3.02. The van der Waals surface area contributed by atoms with Crippen LogP contribution in [0.2, 0.25) is 0 Å². The Kier molecular flexibility index (Phi) is 3.57. The molecule has 1 aromatic carbocycles. The van der Waals surface area contributed by atoms with Gasteiger partial charge in [0.25, 0.3) is 5.91 Å². The van der Waals surface area contributed by atoms with Crippen molar-refractivity contribution in [3.63, 3.8) is 0 Å². The lowest BCUT2D eigenvalue weighted by Crippen LogP contribution is -2.18. The van der Waals surface area contributed by atoms with Crippen molar-refractivity contribution < 1.29 is 4.79 Å². The largest absolute Gasteiger partial charge is 0.305 e. The number of fused-ring (bicyclic) bond motifs is 1. The van der Waals surface area contributed by atoms with Crippen LogP contribution in [0.5, 0.6) is 0 Å². The summed E-state index contributed by atoms with van der Waals surface area (Å²) in [7, 11) is 0. The van der Waals surface area contributed by atoms with Gasteiger partial charge in [0.2, 0.25) is 0 Å². The first-order valence-corrected chi connectivity index (χ1v) is 7.99. The van der Waals surface area contributed by atoms with Gasteiger partial charge in [-0.1, -0.05) is 18.2 Å². The summed E-state index contributed by atoms with van der Waals surface area (Å²) in [5.74, 6) is 1.08. The summed E-state index contributed by atoms with van der Waals surface area (Å²) < 4.78 is 1.82. The molecule has 0 spiro atoms. The first-order chi connectivity index (χ1) is 11.7. The van der Waals surface area contributed by atoms with Gasteiger partial charge in [0.15, 0.2) is 0 Å². The van der Waals surface area contributed by atoms with Crippen molar-refractivity contribution in [1.82, 2.24) is 19.7 Å². The number of benzene rings is 1. The Morgan fingerprint density at radius 2 is 2.00 bits per heavy atom. The van der Waals surface area contributed by atoms with Gasteiger partial charge in [-0.15, -0.1) is 0 Å². The minimum atomic E-state index is -0.243. The van der Waals surface area contributed by atoms with Crippen LogP contribution in [0.1, 0.15) is 34.0 Å². The average Bonchev–Trinajstić information content (AvgIpc) is 3.18. The fraction of sp³-hybridized carbons (Fsp3) is 0.222. The van der Waals surface area contributed by atoms with E-state index in [9.17, 15) is 4.79 Å². The van der Waals surface area contributed by atoms with Crippen LogP contribution < -0.4 is 5.32 Å². The summed E-state index contributed by atoms with van der Waals surface area (Å²) >= 11 is 0. The number of carbonyl (C=O) groups is 1. The average molecular weight is 319 g/mol. The number of aryl methyl sites for hydroxylation is 2. The van der Waals surface area contributed by atoms with Crippen molar-refractivity contribution in [2.45, 2.75) is 26.2 Å². The van der Waals surface area contributed by atoms with Crippen molar-refractivity contribution in [1.29, 1.82) is 0 Å². The number of hydrogen-bond acceptors (Lipinski definition) is 4. The van der Waals surface area contributed by atoms with E-state index in [1.165, 1.54) is 0 Å². The molecule has 1 amide bonds. The number of rotatable bonds is 3.